The van der Waals surface area contributed by atoms with Crippen molar-refractivity contribution in [3.8, 4) is 0 Å². The molecule has 0 aliphatic heterocycles. The van der Waals surface area contributed by atoms with Gasteiger partial charge in [-0.05, 0) is 35.2 Å². The summed E-state index contributed by atoms with van der Waals surface area (Å²) in [5.41, 5.74) is 1.13. The normalized spacial score (nSPS) is 12.0. The van der Waals surface area contributed by atoms with Crippen LogP contribution in [0.3, 0.4) is 0 Å². The zero-order valence-electron chi connectivity index (χ0n) is 23.1. The van der Waals surface area contributed by atoms with Gasteiger partial charge >= 0.3 is 0 Å². The summed E-state index contributed by atoms with van der Waals surface area (Å²) >= 11 is 6.06. The average Bonchev–Trinajstić information content (AvgIpc) is 2.93. The lowest BCUT2D eigenvalue weighted by Gasteiger charge is -2.33. The van der Waals surface area contributed by atoms with Gasteiger partial charge in [-0.3, -0.25) is 24.0 Å². The number of benzene rings is 3. The Morgan fingerprint density at radius 2 is 1.63 bits per heavy atom. The Balaban J connectivity index is 2.06. The number of nitro benzene ring substituents is 1. The predicted octanol–water partition coefficient (Wildman–Crippen LogP) is 4.43. The fraction of sp³-hybridized carbons (Fsp3) is 0.310. The number of nitro groups is 1. The number of hydrogen-bond acceptors (Lipinski definition) is 6. The summed E-state index contributed by atoms with van der Waals surface area (Å²) in [6.07, 6.45) is 1.10. The lowest BCUT2D eigenvalue weighted by molar-refractivity contribution is -0.384. The highest BCUT2D eigenvalue weighted by Crippen LogP contribution is 2.24. The topological polar surface area (TPSA) is 130 Å². The second-order valence-electron chi connectivity index (χ2n) is 10.0. The zero-order valence-corrected chi connectivity index (χ0v) is 24.6. The predicted molar refractivity (Wildman–Crippen MR) is 159 cm³/mol. The average molecular weight is 601 g/mol. The van der Waals surface area contributed by atoms with Gasteiger partial charge in [0.05, 0.1) is 16.9 Å². The molecule has 0 aliphatic carbocycles. The quantitative estimate of drug-likeness (QED) is 0.228. The number of carbonyl (C=O) groups excluding carboxylic acids is 2. The van der Waals surface area contributed by atoms with E-state index in [1.807, 2.05) is 44.2 Å². The third-order valence-electron chi connectivity index (χ3n) is 6.23. The highest BCUT2D eigenvalue weighted by Gasteiger charge is 2.33. The number of anilines is 1. The maximum atomic E-state index is 14.0. The Bertz CT molecular complexity index is 1470. The lowest BCUT2D eigenvalue weighted by atomic mass is 10.0. The van der Waals surface area contributed by atoms with Gasteiger partial charge in [0.25, 0.3) is 5.69 Å². The number of hydrogen-bond donors (Lipinski definition) is 1. The van der Waals surface area contributed by atoms with Crippen LogP contribution in [0.4, 0.5) is 11.4 Å². The van der Waals surface area contributed by atoms with E-state index >= 15 is 0 Å². The van der Waals surface area contributed by atoms with Crippen LogP contribution < -0.4 is 9.62 Å². The van der Waals surface area contributed by atoms with Crippen LogP contribution in [0.1, 0.15) is 25.0 Å². The Morgan fingerprint density at radius 1 is 0.976 bits per heavy atom. The van der Waals surface area contributed by atoms with E-state index in [2.05, 4.69) is 5.32 Å². The summed E-state index contributed by atoms with van der Waals surface area (Å²) in [6.45, 7) is 3.61. The highest BCUT2D eigenvalue weighted by atomic mass is 35.5. The lowest BCUT2D eigenvalue weighted by Crippen LogP contribution is -2.53. The number of sulfonamides is 1. The van der Waals surface area contributed by atoms with Gasteiger partial charge in [0, 0.05) is 36.7 Å². The molecule has 1 unspecified atom stereocenters. The Hall–Kier alpha value is -3.96. The van der Waals surface area contributed by atoms with Crippen molar-refractivity contribution in [1.82, 2.24) is 10.2 Å². The molecule has 218 valence electrons. The molecule has 0 spiro atoms. The molecule has 12 heteroatoms. The second-order valence-corrected chi connectivity index (χ2v) is 12.4. The first kappa shape index (κ1) is 31.6. The van der Waals surface area contributed by atoms with Crippen LogP contribution >= 0.6 is 11.6 Å². The standard InChI is InChI=1S/C29H33ClN4O6S/c1-21(2)18-31-29(36)27(16-22-8-5-4-6-9-22)32(19-23-12-14-24(30)15-13-23)28(35)20-33(41(3,39)40)25-10-7-11-26(17-25)34(37)38/h4-15,17,21,27H,16,18-20H2,1-3H3,(H,31,36). The van der Waals surface area contributed by atoms with Gasteiger partial charge in [-0.15, -0.1) is 0 Å². The molecule has 3 aromatic rings. The van der Waals surface area contributed by atoms with E-state index in [0.717, 1.165) is 22.2 Å². The number of nitrogens with zero attached hydrogens (tertiary/aromatic N) is 3. The van der Waals surface area contributed by atoms with E-state index in [-0.39, 0.29) is 36.2 Å². The minimum absolute atomic E-state index is 0.00482. The molecule has 0 saturated carbocycles. The number of rotatable bonds is 13. The van der Waals surface area contributed by atoms with Crippen LogP contribution in [0.15, 0.2) is 78.9 Å². The van der Waals surface area contributed by atoms with Gasteiger partial charge in [0.15, 0.2) is 0 Å². The molecule has 10 nitrogen and oxygen atoms in total. The summed E-state index contributed by atoms with van der Waals surface area (Å²) in [5.74, 6) is -0.880. The van der Waals surface area contributed by atoms with E-state index in [9.17, 15) is 28.1 Å². The molecule has 41 heavy (non-hydrogen) atoms. The van der Waals surface area contributed by atoms with E-state index < -0.39 is 33.4 Å². The summed E-state index contributed by atoms with van der Waals surface area (Å²) in [6, 6.07) is 20.0. The number of nitrogens with one attached hydrogen (secondary N) is 1. The van der Waals surface area contributed by atoms with E-state index in [0.29, 0.717) is 17.1 Å². The van der Waals surface area contributed by atoms with Crippen molar-refractivity contribution in [2.45, 2.75) is 32.9 Å². The third-order valence-corrected chi connectivity index (χ3v) is 7.62. The molecule has 1 atom stereocenters. The highest BCUT2D eigenvalue weighted by molar-refractivity contribution is 7.92. The first-order valence-corrected chi connectivity index (χ1v) is 15.2. The summed E-state index contributed by atoms with van der Waals surface area (Å²) in [4.78, 5) is 39.6. The van der Waals surface area contributed by atoms with Crippen LogP contribution in [0.25, 0.3) is 0 Å². The molecule has 0 heterocycles. The molecule has 0 aliphatic rings. The van der Waals surface area contributed by atoms with Crippen LogP contribution in [-0.4, -0.2) is 55.4 Å². The maximum absolute atomic E-state index is 14.0. The van der Waals surface area contributed by atoms with Crippen molar-refractivity contribution in [1.29, 1.82) is 0 Å². The molecular weight excluding hydrogens is 568 g/mol. The first-order chi connectivity index (χ1) is 19.3. The fourth-order valence-corrected chi connectivity index (χ4v) is 5.11. The molecule has 2 amide bonds. The van der Waals surface area contributed by atoms with Crippen molar-refractivity contribution in [3.05, 3.63) is 105 Å². The molecule has 3 aromatic carbocycles. The minimum Gasteiger partial charge on any atom is -0.354 e. The van der Waals surface area contributed by atoms with Crippen LogP contribution in [0.2, 0.25) is 5.02 Å². The summed E-state index contributed by atoms with van der Waals surface area (Å²) in [5, 5.41) is 14.7. The van der Waals surface area contributed by atoms with Crippen LogP contribution in [0.5, 0.6) is 0 Å². The first-order valence-electron chi connectivity index (χ1n) is 12.9. The van der Waals surface area contributed by atoms with Crippen molar-refractivity contribution >= 4 is 44.8 Å². The van der Waals surface area contributed by atoms with Crippen molar-refractivity contribution in [2.75, 3.05) is 23.7 Å². The Kier molecular flexibility index (Phi) is 10.8. The number of carbonyl (C=O) groups is 2. The van der Waals surface area contributed by atoms with Crippen LogP contribution in [-0.2, 0) is 32.6 Å². The second kappa shape index (κ2) is 14.1. The molecule has 1 N–H and O–H groups in total. The van der Waals surface area contributed by atoms with Crippen molar-refractivity contribution in [2.24, 2.45) is 5.92 Å². The van der Waals surface area contributed by atoms with Crippen molar-refractivity contribution < 1.29 is 22.9 Å². The molecule has 0 aromatic heterocycles. The molecule has 0 bridgehead atoms. The number of non-ortho nitro benzene ring substituents is 1. The zero-order chi connectivity index (χ0) is 30.2. The third kappa shape index (κ3) is 9.29. The minimum atomic E-state index is -4.05. The molecule has 0 saturated heterocycles. The van der Waals surface area contributed by atoms with Gasteiger partial charge in [0.2, 0.25) is 21.8 Å². The van der Waals surface area contributed by atoms with Gasteiger partial charge in [0.1, 0.15) is 12.6 Å². The monoisotopic (exact) mass is 600 g/mol. The summed E-state index contributed by atoms with van der Waals surface area (Å²) in [7, 11) is -4.05. The maximum Gasteiger partial charge on any atom is 0.271 e. The van der Waals surface area contributed by atoms with E-state index in [1.165, 1.54) is 23.1 Å². The van der Waals surface area contributed by atoms with Gasteiger partial charge in [-0.1, -0.05) is 74.0 Å². The number of amides is 2. The van der Waals surface area contributed by atoms with Crippen molar-refractivity contribution in [3.63, 3.8) is 0 Å². The van der Waals surface area contributed by atoms with Gasteiger partial charge < -0.3 is 10.2 Å². The number of halogens is 1. The molecule has 0 fully saturated rings. The molecule has 0 radical (unpaired) electrons. The largest absolute Gasteiger partial charge is 0.354 e. The van der Waals surface area contributed by atoms with Gasteiger partial charge in [-0.2, -0.15) is 0 Å². The van der Waals surface area contributed by atoms with Crippen LogP contribution in [0, 0.1) is 16.0 Å². The molecule has 3 rings (SSSR count). The molecular formula is C29H33ClN4O6S. The SMILES string of the molecule is CC(C)CNC(=O)C(Cc1ccccc1)N(Cc1ccc(Cl)cc1)C(=O)CN(c1cccc([N+](=O)[O-])c1)S(C)(=O)=O. The Labute approximate surface area is 245 Å². The Morgan fingerprint density at radius 3 is 2.22 bits per heavy atom. The fourth-order valence-electron chi connectivity index (χ4n) is 4.14. The smallest absolute Gasteiger partial charge is 0.271 e. The summed E-state index contributed by atoms with van der Waals surface area (Å²) < 4.78 is 26.5. The van der Waals surface area contributed by atoms with Gasteiger partial charge in [-0.25, -0.2) is 8.42 Å². The van der Waals surface area contributed by atoms with E-state index in [1.54, 1.807) is 24.3 Å². The van der Waals surface area contributed by atoms with E-state index in [4.69, 9.17) is 11.6 Å².